The summed E-state index contributed by atoms with van der Waals surface area (Å²) in [4.78, 5) is 14.3. The Bertz CT molecular complexity index is 1330. The van der Waals surface area contributed by atoms with Gasteiger partial charge in [-0.25, -0.2) is 0 Å². The molecule has 222 valence electrons. The Morgan fingerprint density at radius 3 is 2.29 bits per heavy atom. The van der Waals surface area contributed by atoms with Gasteiger partial charge in [-0.1, -0.05) is 36.5 Å². The van der Waals surface area contributed by atoms with Crippen LogP contribution in [0.4, 0.5) is 33.0 Å². The van der Waals surface area contributed by atoms with Crippen molar-refractivity contribution < 1.29 is 26.6 Å². The predicted octanol–water partition coefficient (Wildman–Crippen LogP) is 4.77. The van der Waals surface area contributed by atoms with Gasteiger partial charge in [-0.3, -0.25) is 4.79 Å². The molecule has 1 fully saturated rings. The maximum absolute atomic E-state index is 12.1. The molecule has 0 saturated heterocycles. The average Bonchev–Trinajstić information content (AvgIpc) is 3.27. The smallest absolute Gasteiger partial charge is 0.431 e. The van der Waals surface area contributed by atoms with Gasteiger partial charge < -0.3 is 32.7 Å². The van der Waals surface area contributed by atoms with Crippen LogP contribution in [0.25, 0.3) is 0 Å². The van der Waals surface area contributed by atoms with E-state index < -0.39 is 0 Å². The van der Waals surface area contributed by atoms with Crippen LogP contribution in [0.15, 0.2) is 46.6 Å². The van der Waals surface area contributed by atoms with Gasteiger partial charge in [-0.2, -0.15) is 0 Å². The molecule has 0 aliphatic heterocycles. The molecule has 0 radical (unpaired) electrons. The van der Waals surface area contributed by atoms with E-state index in [9.17, 15) is 4.79 Å². The Kier molecular flexibility index (Phi) is 11.5. The fraction of sp³-hybridized carbons (Fsp3) is 0.500. The van der Waals surface area contributed by atoms with E-state index in [4.69, 9.17) is 4.74 Å². The number of carbonyl (C=O) groups excluding carboxylic acids is 1. The lowest BCUT2D eigenvalue weighted by atomic mass is 9.84. The van der Waals surface area contributed by atoms with Crippen LogP contribution < -0.4 is 37.4 Å². The van der Waals surface area contributed by atoms with Crippen molar-refractivity contribution in [3.63, 3.8) is 0 Å². The highest BCUT2D eigenvalue weighted by Crippen LogP contribution is 2.40. The number of ether oxygens (including phenoxy) is 1. The number of methoxy groups -OCH3 is 1. The number of halogens is 1. The zero-order valence-corrected chi connectivity index (χ0v) is 26.6. The van der Waals surface area contributed by atoms with Gasteiger partial charge in [0.1, 0.15) is 18.5 Å². The van der Waals surface area contributed by atoms with Crippen LogP contribution in [0.1, 0.15) is 78.2 Å². The van der Waals surface area contributed by atoms with Crippen molar-refractivity contribution >= 4 is 50.3 Å². The van der Waals surface area contributed by atoms with Gasteiger partial charge in [-0.15, -0.1) is 4.68 Å². The summed E-state index contributed by atoms with van der Waals surface area (Å²) in [5.74, 6) is 1.06. The third-order valence-corrected chi connectivity index (χ3v) is 8.17. The molecule has 41 heavy (non-hydrogen) atoms. The lowest BCUT2D eigenvalue weighted by Crippen LogP contribution is -3.00. The van der Waals surface area contributed by atoms with Crippen molar-refractivity contribution in [3.05, 3.63) is 42.0 Å². The molecule has 1 heterocycles. The first-order valence-electron chi connectivity index (χ1n) is 14.1. The van der Waals surface area contributed by atoms with Crippen molar-refractivity contribution in [2.45, 2.75) is 84.7 Å². The predicted molar refractivity (Wildman–Crippen MR) is 163 cm³/mol. The number of aryl methyl sites for hydroxylation is 1. The van der Waals surface area contributed by atoms with Crippen LogP contribution in [0.5, 0.6) is 5.75 Å². The minimum Gasteiger partial charge on any atom is -1.00 e. The van der Waals surface area contributed by atoms with E-state index in [0.29, 0.717) is 40.3 Å². The summed E-state index contributed by atoms with van der Waals surface area (Å²) >= 11 is 1.48. The van der Waals surface area contributed by atoms with E-state index in [1.165, 1.54) is 55.9 Å². The first-order chi connectivity index (χ1) is 19.2. The lowest BCUT2D eigenvalue weighted by Gasteiger charge is -2.28. The van der Waals surface area contributed by atoms with Crippen molar-refractivity contribution in [2.24, 2.45) is 17.3 Å². The molecule has 1 aliphatic rings. The van der Waals surface area contributed by atoms with Gasteiger partial charge in [0.05, 0.1) is 23.6 Å². The van der Waals surface area contributed by atoms with Gasteiger partial charge in [-0.05, 0) is 86.7 Å². The summed E-state index contributed by atoms with van der Waals surface area (Å²) in [5, 5.41) is 21.5. The monoisotopic (exact) mass is 599 g/mol. The Labute approximate surface area is 253 Å². The SMILES string of the molecule is COc1cc(N=Nc2sc(N(C(C)C)C(C)C)n[n+]2C)c(NC(C)=O)cc1Nc1ccc(C2CCCCC2)cc1.[Cl-]. The second-order valence-electron chi connectivity index (χ2n) is 10.9. The van der Waals surface area contributed by atoms with Gasteiger partial charge in [0.2, 0.25) is 11.0 Å². The number of nitrogens with zero attached hydrogens (tertiary/aromatic N) is 5. The average molecular weight is 600 g/mol. The molecular weight excluding hydrogens is 558 g/mol. The normalized spacial score (nSPS) is 13.9. The molecular formula is C30H42ClN7O2S. The number of carbonyl (C=O) groups is 1. The number of hydrogen-bond donors (Lipinski definition) is 2. The van der Waals surface area contributed by atoms with Gasteiger partial charge in [0.15, 0.2) is 0 Å². The zero-order chi connectivity index (χ0) is 28.8. The highest BCUT2D eigenvalue weighted by Gasteiger charge is 2.25. The molecule has 1 aromatic heterocycles. The maximum atomic E-state index is 12.1. The van der Waals surface area contributed by atoms with E-state index in [2.05, 4.69) is 82.8 Å². The highest BCUT2D eigenvalue weighted by molar-refractivity contribution is 7.18. The molecule has 1 saturated carbocycles. The Balaban J connectivity index is 0.00000462. The number of rotatable bonds is 10. The number of benzene rings is 2. The van der Waals surface area contributed by atoms with Crippen LogP contribution in [-0.4, -0.2) is 30.2 Å². The van der Waals surface area contributed by atoms with Crippen molar-refractivity contribution in [2.75, 3.05) is 22.6 Å². The van der Waals surface area contributed by atoms with E-state index in [-0.39, 0.29) is 18.3 Å². The van der Waals surface area contributed by atoms with Gasteiger partial charge >= 0.3 is 5.13 Å². The van der Waals surface area contributed by atoms with E-state index >= 15 is 0 Å². The lowest BCUT2D eigenvalue weighted by molar-refractivity contribution is -0.712. The van der Waals surface area contributed by atoms with Crippen molar-refractivity contribution in [3.8, 4) is 5.75 Å². The topological polar surface area (TPSA) is 95.1 Å². The second-order valence-corrected chi connectivity index (χ2v) is 11.9. The first kappa shape index (κ1) is 32.3. The minimum absolute atomic E-state index is 0. The van der Waals surface area contributed by atoms with Crippen LogP contribution >= 0.6 is 11.3 Å². The standard InChI is InChI=1S/C30H41N7O2S.ClH/c1-19(2)37(20(3)4)30-35-36(6)29(40-30)34-33-26-18-28(39-7)27(17-25(26)31-21(5)38)32-24-15-13-23(14-16-24)22-11-9-8-10-12-22;/h13-20,22H,8-12H2,1-7H3,(H,31,32,38);1H. The van der Waals surface area contributed by atoms with Crippen molar-refractivity contribution in [1.82, 2.24) is 5.10 Å². The number of anilines is 4. The Morgan fingerprint density at radius 2 is 1.71 bits per heavy atom. The van der Waals surface area contributed by atoms with Crippen LogP contribution in [0.2, 0.25) is 0 Å². The molecule has 11 heteroatoms. The molecule has 0 spiro atoms. The van der Waals surface area contributed by atoms with Gasteiger partial charge in [0, 0.05) is 30.8 Å². The molecule has 2 N–H and O–H groups in total. The zero-order valence-electron chi connectivity index (χ0n) is 25.1. The number of amides is 1. The molecule has 3 aromatic rings. The Hall–Kier alpha value is -3.24. The van der Waals surface area contributed by atoms with Gasteiger partial charge in [0.25, 0.3) is 0 Å². The molecule has 0 atom stereocenters. The highest BCUT2D eigenvalue weighted by atomic mass is 35.5. The summed E-state index contributed by atoms with van der Waals surface area (Å²) in [7, 11) is 3.47. The summed E-state index contributed by atoms with van der Waals surface area (Å²) < 4.78 is 7.43. The molecule has 4 rings (SSSR count). The number of hydrogen-bond acceptors (Lipinski definition) is 8. The molecule has 0 bridgehead atoms. The fourth-order valence-corrected chi connectivity index (χ4v) is 6.41. The first-order valence-corrected chi connectivity index (χ1v) is 14.9. The van der Waals surface area contributed by atoms with E-state index in [1.54, 1.807) is 17.9 Å². The number of aromatic nitrogens is 2. The fourth-order valence-electron chi connectivity index (χ4n) is 5.30. The Morgan fingerprint density at radius 1 is 1.05 bits per heavy atom. The third-order valence-electron chi connectivity index (χ3n) is 7.17. The third kappa shape index (κ3) is 8.16. The summed E-state index contributed by atoms with van der Waals surface area (Å²) in [6.45, 7) is 10.1. The van der Waals surface area contributed by atoms with E-state index in [1.807, 2.05) is 13.1 Å². The number of azo groups is 1. The summed E-state index contributed by atoms with van der Waals surface area (Å²) in [6.07, 6.45) is 6.51. The molecule has 1 amide bonds. The molecule has 0 unspecified atom stereocenters. The van der Waals surface area contributed by atoms with E-state index in [0.717, 1.165) is 16.5 Å². The quantitative estimate of drug-likeness (QED) is 0.259. The minimum atomic E-state index is -0.195. The largest absolute Gasteiger partial charge is 1.00 e. The maximum Gasteiger partial charge on any atom is 0.431 e. The molecule has 2 aromatic carbocycles. The summed E-state index contributed by atoms with van der Waals surface area (Å²) in [6, 6.07) is 12.9. The second kappa shape index (κ2) is 14.6. The molecule has 1 aliphatic carbocycles. The number of nitrogens with one attached hydrogen (secondary N) is 2. The van der Waals surface area contributed by atoms with Crippen LogP contribution in [0.3, 0.4) is 0 Å². The van der Waals surface area contributed by atoms with Crippen LogP contribution in [-0.2, 0) is 11.8 Å². The van der Waals surface area contributed by atoms with Crippen molar-refractivity contribution in [1.29, 1.82) is 0 Å². The molecule has 9 nitrogen and oxygen atoms in total. The van der Waals surface area contributed by atoms with Crippen LogP contribution in [0, 0.1) is 0 Å². The summed E-state index contributed by atoms with van der Waals surface area (Å²) in [5.41, 5.74) is 4.11.